The van der Waals surface area contributed by atoms with Crippen molar-refractivity contribution in [2.75, 3.05) is 26.2 Å². The second kappa shape index (κ2) is 6.74. The number of aliphatic hydroxyl groups is 1. The second-order valence-corrected chi connectivity index (χ2v) is 4.68. The zero-order valence-corrected chi connectivity index (χ0v) is 10.3. The van der Waals surface area contributed by atoms with Crippen LogP contribution in [0.2, 0.25) is 0 Å². The fraction of sp³-hybridized carbons (Fsp3) is 0.571. The third kappa shape index (κ3) is 3.80. The molecule has 3 heteroatoms. The highest BCUT2D eigenvalue weighted by Gasteiger charge is 2.23. The van der Waals surface area contributed by atoms with E-state index in [-0.39, 0.29) is 6.61 Å². The van der Waals surface area contributed by atoms with E-state index in [0.29, 0.717) is 12.6 Å². The van der Waals surface area contributed by atoms with Crippen molar-refractivity contribution in [2.24, 2.45) is 0 Å². The summed E-state index contributed by atoms with van der Waals surface area (Å²) < 4.78 is 0. The molecule has 1 aliphatic rings. The van der Waals surface area contributed by atoms with Gasteiger partial charge in [-0.15, -0.1) is 0 Å². The van der Waals surface area contributed by atoms with Crippen molar-refractivity contribution < 1.29 is 5.11 Å². The Balaban J connectivity index is 1.82. The Bertz CT molecular complexity index is 315. The fourth-order valence-electron chi connectivity index (χ4n) is 2.50. The summed E-state index contributed by atoms with van der Waals surface area (Å²) in [5.41, 5.74) is 1.39. The van der Waals surface area contributed by atoms with E-state index in [1.54, 1.807) is 0 Å². The van der Waals surface area contributed by atoms with Crippen LogP contribution in [0.3, 0.4) is 0 Å². The summed E-state index contributed by atoms with van der Waals surface area (Å²) in [5, 5.41) is 12.1. The summed E-state index contributed by atoms with van der Waals surface area (Å²) in [7, 11) is 0. The fourth-order valence-corrected chi connectivity index (χ4v) is 2.50. The molecule has 1 saturated heterocycles. The highest BCUT2D eigenvalue weighted by atomic mass is 16.3. The maximum Gasteiger partial charge on any atom is 0.0555 e. The van der Waals surface area contributed by atoms with Crippen molar-refractivity contribution >= 4 is 0 Å². The highest BCUT2D eigenvalue weighted by molar-refractivity contribution is 5.14. The van der Waals surface area contributed by atoms with E-state index in [9.17, 15) is 0 Å². The molecule has 0 aliphatic carbocycles. The van der Waals surface area contributed by atoms with Crippen molar-refractivity contribution in [3.05, 3.63) is 35.9 Å². The molecular weight excluding hydrogens is 212 g/mol. The molecule has 94 valence electrons. The standard InChI is InChI=1S/C14H22N2O/c17-10-8-15-11-14-7-4-9-16(14)12-13-5-2-1-3-6-13/h1-3,5-6,14-15,17H,4,7-12H2/t14-/m0/s1. The Labute approximate surface area is 103 Å². The monoisotopic (exact) mass is 234 g/mol. The Hall–Kier alpha value is -0.900. The first-order valence-corrected chi connectivity index (χ1v) is 6.49. The maximum atomic E-state index is 8.77. The lowest BCUT2D eigenvalue weighted by molar-refractivity contribution is 0.230. The van der Waals surface area contributed by atoms with Crippen LogP contribution in [-0.2, 0) is 6.54 Å². The van der Waals surface area contributed by atoms with E-state index in [1.807, 2.05) is 0 Å². The molecule has 0 unspecified atom stereocenters. The van der Waals surface area contributed by atoms with Crippen LogP contribution < -0.4 is 5.32 Å². The summed E-state index contributed by atoms with van der Waals surface area (Å²) in [6.07, 6.45) is 2.56. The Kier molecular flexibility index (Phi) is 4.98. The molecule has 1 aromatic carbocycles. The first kappa shape index (κ1) is 12.6. The summed E-state index contributed by atoms with van der Waals surface area (Å²) in [6.45, 7) is 4.17. The summed E-state index contributed by atoms with van der Waals surface area (Å²) in [6, 6.07) is 11.3. The van der Waals surface area contributed by atoms with Crippen molar-refractivity contribution in [2.45, 2.75) is 25.4 Å². The average Bonchev–Trinajstić information content (AvgIpc) is 2.79. The number of aliphatic hydroxyl groups excluding tert-OH is 1. The largest absolute Gasteiger partial charge is 0.395 e. The first-order chi connectivity index (χ1) is 8.40. The van der Waals surface area contributed by atoms with Crippen LogP contribution in [0.15, 0.2) is 30.3 Å². The average molecular weight is 234 g/mol. The molecule has 2 rings (SSSR count). The summed E-state index contributed by atoms with van der Waals surface area (Å²) in [4.78, 5) is 2.54. The van der Waals surface area contributed by atoms with Crippen LogP contribution in [0, 0.1) is 0 Å². The Morgan fingerprint density at radius 3 is 2.88 bits per heavy atom. The van der Waals surface area contributed by atoms with Crippen molar-refractivity contribution in [1.29, 1.82) is 0 Å². The van der Waals surface area contributed by atoms with E-state index < -0.39 is 0 Å². The van der Waals surface area contributed by atoms with Gasteiger partial charge < -0.3 is 10.4 Å². The molecule has 1 aromatic rings. The lowest BCUT2D eigenvalue weighted by Crippen LogP contribution is -2.38. The van der Waals surface area contributed by atoms with Gasteiger partial charge in [-0.25, -0.2) is 0 Å². The van der Waals surface area contributed by atoms with E-state index >= 15 is 0 Å². The van der Waals surface area contributed by atoms with Crippen LogP contribution in [0.1, 0.15) is 18.4 Å². The van der Waals surface area contributed by atoms with E-state index in [0.717, 1.165) is 13.1 Å². The molecule has 1 fully saturated rings. The van der Waals surface area contributed by atoms with Crippen LogP contribution in [0.5, 0.6) is 0 Å². The lowest BCUT2D eigenvalue weighted by atomic mass is 10.2. The van der Waals surface area contributed by atoms with E-state index in [4.69, 9.17) is 5.11 Å². The predicted molar refractivity (Wildman–Crippen MR) is 69.8 cm³/mol. The van der Waals surface area contributed by atoms with Crippen LogP contribution in [0.4, 0.5) is 0 Å². The summed E-state index contributed by atoms with van der Waals surface area (Å²) >= 11 is 0. The van der Waals surface area contributed by atoms with Gasteiger partial charge in [0.15, 0.2) is 0 Å². The van der Waals surface area contributed by atoms with E-state index in [2.05, 4.69) is 40.5 Å². The molecule has 2 N–H and O–H groups in total. The Morgan fingerprint density at radius 1 is 1.29 bits per heavy atom. The third-order valence-corrected chi connectivity index (χ3v) is 3.40. The zero-order chi connectivity index (χ0) is 11.9. The minimum Gasteiger partial charge on any atom is -0.395 e. The topological polar surface area (TPSA) is 35.5 Å². The molecule has 0 amide bonds. The van der Waals surface area contributed by atoms with Crippen LogP contribution >= 0.6 is 0 Å². The number of hydrogen-bond acceptors (Lipinski definition) is 3. The minimum absolute atomic E-state index is 0.228. The Morgan fingerprint density at radius 2 is 2.12 bits per heavy atom. The quantitative estimate of drug-likeness (QED) is 0.727. The third-order valence-electron chi connectivity index (χ3n) is 3.40. The minimum atomic E-state index is 0.228. The molecule has 1 aliphatic heterocycles. The van der Waals surface area contributed by atoms with Crippen molar-refractivity contribution in [3.63, 3.8) is 0 Å². The molecular formula is C14H22N2O. The molecule has 17 heavy (non-hydrogen) atoms. The van der Waals surface area contributed by atoms with Gasteiger partial charge in [0.2, 0.25) is 0 Å². The van der Waals surface area contributed by atoms with Gasteiger partial charge in [-0.1, -0.05) is 30.3 Å². The lowest BCUT2D eigenvalue weighted by Gasteiger charge is -2.24. The number of rotatable bonds is 6. The zero-order valence-electron chi connectivity index (χ0n) is 10.3. The predicted octanol–water partition coefficient (Wildman–Crippen LogP) is 1.23. The molecule has 1 atom stereocenters. The van der Waals surface area contributed by atoms with Gasteiger partial charge in [0, 0.05) is 25.7 Å². The SMILES string of the molecule is OCCNC[C@@H]1CCCN1Cc1ccccc1. The second-order valence-electron chi connectivity index (χ2n) is 4.68. The molecule has 1 heterocycles. The maximum absolute atomic E-state index is 8.77. The van der Waals surface area contributed by atoms with Gasteiger partial charge in [0.05, 0.1) is 6.61 Å². The smallest absolute Gasteiger partial charge is 0.0555 e. The molecule has 0 spiro atoms. The van der Waals surface area contributed by atoms with Crippen molar-refractivity contribution in [1.82, 2.24) is 10.2 Å². The van der Waals surface area contributed by atoms with Crippen LogP contribution in [0.25, 0.3) is 0 Å². The molecule has 3 nitrogen and oxygen atoms in total. The number of benzene rings is 1. The molecule has 0 saturated carbocycles. The molecule has 0 aromatic heterocycles. The van der Waals surface area contributed by atoms with Gasteiger partial charge in [0.1, 0.15) is 0 Å². The number of nitrogens with one attached hydrogen (secondary N) is 1. The number of nitrogens with zero attached hydrogens (tertiary/aromatic N) is 1. The van der Waals surface area contributed by atoms with Gasteiger partial charge in [0.25, 0.3) is 0 Å². The van der Waals surface area contributed by atoms with E-state index in [1.165, 1.54) is 24.9 Å². The normalized spacial score (nSPS) is 20.9. The number of likely N-dealkylation sites (tertiary alicyclic amines) is 1. The van der Waals surface area contributed by atoms with Gasteiger partial charge in [-0.2, -0.15) is 0 Å². The van der Waals surface area contributed by atoms with Gasteiger partial charge in [-0.3, -0.25) is 4.90 Å². The van der Waals surface area contributed by atoms with Crippen molar-refractivity contribution in [3.8, 4) is 0 Å². The van der Waals surface area contributed by atoms with Gasteiger partial charge >= 0.3 is 0 Å². The first-order valence-electron chi connectivity index (χ1n) is 6.49. The summed E-state index contributed by atoms with van der Waals surface area (Å²) in [5.74, 6) is 0. The highest BCUT2D eigenvalue weighted by Crippen LogP contribution is 2.19. The molecule has 0 radical (unpaired) electrons. The van der Waals surface area contributed by atoms with Crippen LogP contribution in [-0.4, -0.2) is 42.3 Å². The molecule has 0 bridgehead atoms. The number of hydrogen-bond donors (Lipinski definition) is 2. The van der Waals surface area contributed by atoms with Gasteiger partial charge in [-0.05, 0) is 24.9 Å².